The number of rotatable bonds is 4. The SMILES string of the molecule is Cc1cccc(F)c1C(=O)N1CCCC(C(=O)Nc2cccc(C(C)(C)C)c2)[C@@H]1C1CCCCCC1. The van der Waals surface area contributed by atoms with Gasteiger partial charge in [-0.15, -0.1) is 0 Å². The Hall–Kier alpha value is -2.69. The zero-order valence-corrected chi connectivity index (χ0v) is 22.3. The van der Waals surface area contributed by atoms with Gasteiger partial charge in [-0.3, -0.25) is 9.59 Å². The highest BCUT2D eigenvalue weighted by molar-refractivity contribution is 5.98. The van der Waals surface area contributed by atoms with Gasteiger partial charge in [0.05, 0.1) is 11.5 Å². The number of anilines is 1. The number of piperidine rings is 1. The number of halogens is 1. The number of hydrogen-bond acceptors (Lipinski definition) is 2. The van der Waals surface area contributed by atoms with Gasteiger partial charge in [0, 0.05) is 18.3 Å². The molecule has 36 heavy (non-hydrogen) atoms. The van der Waals surface area contributed by atoms with E-state index in [0.29, 0.717) is 12.1 Å². The number of benzene rings is 2. The topological polar surface area (TPSA) is 49.4 Å². The summed E-state index contributed by atoms with van der Waals surface area (Å²) in [6.07, 6.45) is 8.12. The van der Waals surface area contributed by atoms with Crippen LogP contribution < -0.4 is 5.32 Å². The lowest BCUT2D eigenvalue weighted by Crippen LogP contribution is -2.55. The molecule has 2 atom stereocenters. The van der Waals surface area contributed by atoms with Crippen LogP contribution in [0.25, 0.3) is 0 Å². The third kappa shape index (κ3) is 5.82. The molecule has 2 aromatic carbocycles. The Morgan fingerprint density at radius 3 is 2.31 bits per heavy atom. The molecule has 1 saturated heterocycles. The second kappa shape index (κ2) is 11.1. The van der Waals surface area contributed by atoms with Gasteiger partial charge in [-0.2, -0.15) is 0 Å². The number of carbonyl (C=O) groups is 2. The van der Waals surface area contributed by atoms with Gasteiger partial charge in [-0.05, 0) is 73.3 Å². The minimum Gasteiger partial charge on any atom is -0.334 e. The number of aryl methyl sites for hydroxylation is 1. The van der Waals surface area contributed by atoms with Crippen LogP contribution in [0.3, 0.4) is 0 Å². The largest absolute Gasteiger partial charge is 0.334 e. The molecule has 1 aliphatic carbocycles. The summed E-state index contributed by atoms with van der Waals surface area (Å²) >= 11 is 0. The molecule has 0 radical (unpaired) electrons. The van der Waals surface area contributed by atoms with Gasteiger partial charge in [-0.25, -0.2) is 4.39 Å². The normalized spacial score (nSPS) is 21.6. The number of amides is 2. The van der Waals surface area contributed by atoms with E-state index in [1.165, 1.54) is 18.9 Å². The molecule has 0 aromatic heterocycles. The maximum Gasteiger partial charge on any atom is 0.257 e. The standard InChI is InChI=1S/C31H41FN2O2/c1-21-12-9-18-26(32)27(21)30(36)34-19-11-17-25(28(34)22-13-7-5-6-8-14-22)29(35)33-24-16-10-15-23(20-24)31(2,3)4/h9-10,12,15-16,18,20,22,25,28H,5-8,11,13-14,17,19H2,1-4H3,(H,33,35)/t25?,28-/m0/s1. The molecule has 0 spiro atoms. The maximum absolute atomic E-state index is 14.8. The van der Waals surface area contributed by atoms with Crippen molar-refractivity contribution in [3.63, 3.8) is 0 Å². The fraction of sp³-hybridized carbons (Fsp3) is 0.548. The molecular formula is C31H41FN2O2. The lowest BCUT2D eigenvalue weighted by molar-refractivity contribution is -0.124. The van der Waals surface area contributed by atoms with E-state index < -0.39 is 5.82 Å². The Labute approximate surface area is 215 Å². The van der Waals surface area contributed by atoms with Crippen molar-refractivity contribution in [1.29, 1.82) is 0 Å². The molecule has 2 fully saturated rings. The second-order valence-corrected chi connectivity index (χ2v) is 11.7. The van der Waals surface area contributed by atoms with Crippen molar-refractivity contribution in [2.45, 2.75) is 90.5 Å². The van der Waals surface area contributed by atoms with Crippen molar-refractivity contribution in [1.82, 2.24) is 4.90 Å². The minimum absolute atomic E-state index is 0.0186. The van der Waals surface area contributed by atoms with Crippen LogP contribution >= 0.6 is 0 Å². The van der Waals surface area contributed by atoms with Gasteiger partial charge >= 0.3 is 0 Å². The fourth-order valence-electron chi connectivity index (χ4n) is 6.12. The molecule has 0 bridgehead atoms. The Kier molecular flexibility index (Phi) is 8.17. The first kappa shape index (κ1) is 26.4. The van der Waals surface area contributed by atoms with E-state index >= 15 is 0 Å². The van der Waals surface area contributed by atoms with Crippen LogP contribution in [0.5, 0.6) is 0 Å². The molecule has 4 rings (SSSR count). The van der Waals surface area contributed by atoms with Gasteiger partial charge in [0.1, 0.15) is 5.82 Å². The van der Waals surface area contributed by atoms with Crippen LogP contribution in [0.1, 0.15) is 93.6 Å². The minimum atomic E-state index is -0.481. The monoisotopic (exact) mass is 492 g/mol. The zero-order chi connectivity index (χ0) is 25.9. The van der Waals surface area contributed by atoms with Gasteiger partial charge in [0.2, 0.25) is 5.91 Å². The Balaban J connectivity index is 1.65. The van der Waals surface area contributed by atoms with E-state index in [4.69, 9.17) is 0 Å². The first-order valence-corrected chi connectivity index (χ1v) is 13.6. The quantitative estimate of drug-likeness (QED) is 0.457. The van der Waals surface area contributed by atoms with Gasteiger partial charge < -0.3 is 10.2 Å². The maximum atomic E-state index is 14.8. The molecule has 4 nitrogen and oxygen atoms in total. The van der Waals surface area contributed by atoms with Crippen LogP contribution in [0.4, 0.5) is 10.1 Å². The number of hydrogen-bond donors (Lipinski definition) is 1. The summed E-state index contributed by atoms with van der Waals surface area (Å²) < 4.78 is 14.8. The van der Waals surface area contributed by atoms with Crippen molar-refractivity contribution in [2.75, 3.05) is 11.9 Å². The lowest BCUT2D eigenvalue weighted by Gasteiger charge is -2.45. The summed E-state index contributed by atoms with van der Waals surface area (Å²) in [5.74, 6) is -0.841. The van der Waals surface area contributed by atoms with Crippen molar-refractivity contribution < 1.29 is 14.0 Å². The van der Waals surface area contributed by atoms with Gasteiger partial charge in [-0.1, -0.05) is 70.7 Å². The molecule has 2 aromatic rings. The Morgan fingerprint density at radius 2 is 1.64 bits per heavy atom. The first-order chi connectivity index (χ1) is 17.2. The van der Waals surface area contributed by atoms with E-state index in [1.54, 1.807) is 19.1 Å². The summed E-state index contributed by atoms with van der Waals surface area (Å²) in [4.78, 5) is 29.4. The average molecular weight is 493 g/mol. The highest BCUT2D eigenvalue weighted by Gasteiger charge is 2.43. The van der Waals surface area contributed by atoms with Crippen molar-refractivity contribution in [3.05, 3.63) is 65.0 Å². The lowest BCUT2D eigenvalue weighted by atomic mass is 9.77. The zero-order valence-electron chi connectivity index (χ0n) is 22.3. The molecule has 1 aliphatic heterocycles. The van der Waals surface area contributed by atoms with Crippen LogP contribution in [0, 0.1) is 24.6 Å². The van der Waals surface area contributed by atoms with Gasteiger partial charge in [0.25, 0.3) is 5.91 Å². The summed E-state index contributed by atoms with van der Waals surface area (Å²) in [5.41, 5.74) is 2.73. The molecule has 1 unspecified atom stereocenters. The van der Waals surface area contributed by atoms with E-state index in [2.05, 4.69) is 32.2 Å². The summed E-state index contributed by atoms with van der Waals surface area (Å²) in [7, 11) is 0. The molecule has 2 amide bonds. The molecular weight excluding hydrogens is 451 g/mol. The van der Waals surface area contributed by atoms with E-state index in [-0.39, 0.29) is 40.7 Å². The average Bonchev–Trinajstić information content (AvgIpc) is 3.12. The number of nitrogens with zero attached hydrogens (tertiary/aromatic N) is 1. The van der Waals surface area contributed by atoms with Crippen LogP contribution in [-0.4, -0.2) is 29.3 Å². The fourth-order valence-corrected chi connectivity index (χ4v) is 6.12. The predicted molar refractivity (Wildman–Crippen MR) is 144 cm³/mol. The molecule has 194 valence electrons. The Bertz CT molecular complexity index is 1060. The molecule has 1 saturated carbocycles. The van der Waals surface area contributed by atoms with E-state index in [9.17, 15) is 14.0 Å². The van der Waals surface area contributed by atoms with Crippen LogP contribution in [-0.2, 0) is 10.2 Å². The summed E-state index contributed by atoms with van der Waals surface area (Å²) in [5, 5.41) is 3.18. The highest BCUT2D eigenvalue weighted by Crippen LogP contribution is 2.38. The third-order valence-electron chi connectivity index (χ3n) is 8.10. The smallest absolute Gasteiger partial charge is 0.257 e. The van der Waals surface area contributed by atoms with Crippen molar-refractivity contribution >= 4 is 17.5 Å². The third-order valence-corrected chi connectivity index (χ3v) is 8.10. The van der Waals surface area contributed by atoms with E-state index in [0.717, 1.165) is 49.8 Å². The summed E-state index contributed by atoms with van der Waals surface area (Å²) in [6.45, 7) is 8.83. The van der Waals surface area contributed by atoms with E-state index in [1.807, 2.05) is 23.1 Å². The Morgan fingerprint density at radius 1 is 0.944 bits per heavy atom. The van der Waals surface area contributed by atoms with Crippen LogP contribution in [0.15, 0.2) is 42.5 Å². The van der Waals surface area contributed by atoms with Crippen molar-refractivity contribution in [3.8, 4) is 0 Å². The van der Waals surface area contributed by atoms with Gasteiger partial charge in [0.15, 0.2) is 0 Å². The predicted octanol–water partition coefficient (Wildman–Crippen LogP) is 7.26. The molecule has 1 N–H and O–H groups in total. The number of likely N-dealkylation sites (tertiary alicyclic amines) is 1. The second-order valence-electron chi connectivity index (χ2n) is 11.7. The highest BCUT2D eigenvalue weighted by atomic mass is 19.1. The summed E-state index contributed by atoms with van der Waals surface area (Å²) in [6, 6.07) is 12.6. The van der Waals surface area contributed by atoms with Crippen molar-refractivity contribution in [2.24, 2.45) is 11.8 Å². The first-order valence-electron chi connectivity index (χ1n) is 13.6. The van der Waals surface area contributed by atoms with Crippen LogP contribution in [0.2, 0.25) is 0 Å². The molecule has 1 heterocycles. The molecule has 5 heteroatoms. The number of nitrogens with one attached hydrogen (secondary N) is 1. The number of carbonyl (C=O) groups excluding carboxylic acids is 2. The molecule has 2 aliphatic rings.